The van der Waals surface area contributed by atoms with Crippen LogP contribution in [0.1, 0.15) is 34.5 Å². The first-order valence-electron chi connectivity index (χ1n) is 9.56. The molecule has 0 saturated carbocycles. The summed E-state index contributed by atoms with van der Waals surface area (Å²) in [5.74, 6) is -0.881. The molecule has 0 unspecified atom stereocenters. The van der Waals surface area contributed by atoms with Crippen molar-refractivity contribution in [2.75, 3.05) is 5.32 Å². The summed E-state index contributed by atoms with van der Waals surface area (Å²) in [5.41, 5.74) is 0.752. The Morgan fingerprint density at radius 2 is 1.94 bits per heavy atom. The van der Waals surface area contributed by atoms with E-state index >= 15 is 0 Å². The summed E-state index contributed by atoms with van der Waals surface area (Å²) in [5, 5.41) is 12.3. The van der Waals surface area contributed by atoms with Gasteiger partial charge in [-0.15, -0.1) is 0 Å². The number of halogens is 3. The highest BCUT2D eigenvalue weighted by molar-refractivity contribution is 5.96. The number of carbonyl (C=O) groups is 1. The third-order valence-electron chi connectivity index (χ3n) is 5.01. The highest BCUT2D eigenvalue weighted by Gasteiger charge is 2.31. The first kappa shape index (κ1) is 21.8. The van der Waals surface area contributed by atoms with Crippen LogP contribution in [0.15, 0.2) is 48.9 Å². The second-order valence-electron chi connectivity index (χ2n) is 7.15. The van der Waals surface area contributed by atoms with E-state index in [1.54, 1.807) is 12.1 Å². The fourth-order valence-electron chi connectivity index (χ4n) is 3.27. The lowest BCUT2D eigenvalue weighted by molar-refractivity contribution is -0.137. The maximum atomic E-state index is 13.2. The van der Waals surface area contributed by atoms with Gasteiger partial charge in [0.25, 0.3) is 0 Å². The van der Waals surface area contributed by atoms with Crippen molar-refractivity contribution in [2.45, 2.75) is 19.1 Å². The van der Waals surface area contributed by atoms with Gasteiger partial charge in [-0.3, -0.25) is 0 Å². The minimum absolute atomic E-state index is 0.0670. The van der Waals surface area contributed by atoms with Crippen LogP contribution in [-0.2, 0) is 6.18 Å². The van der Waals surface area contributed by atoms with E-state index in [2.05, 4.69) is 30.1 Å². The van der Waals surface area contributed by atoms with Crippen LogP contribution in [0, 0.1) is 6.57 Å². The van der Waals surface area contributed by atoms with Crippen LogP contribution in [0.4, 0.5) is 24.8 Å². The molecule has 0 aliphatic heterocycles. The molecule has 0 amide bonds. The predicted molar refractivity (Wildman–Crippen MR) is 114 cm³/mol. The molecule has 1 atom stereocenters. The number of benzene rings is 1. The average Bonchev–Trinajstić information content (AvgIpc) is 3.21. The van der Waals surface area contributed by atoms with Crippen molar-refractivity contribution in [3.8, 4) is 11.3 Å². The molecule has 3 aromatic heterocycles. The molecule has 1 aromatic carbocycles. The van der Waals surface area contributed by atoms with Gasteiger partial charge in [0.2, 0.25) is 11.6 Å². The number of anilines is 1. The number of carboxylic acids is 1. The Kier molecular flexibility index (Phi) is 5.43. The fourth-order valence-corrected chi connectivity index (χ4v) is 3.27. The lowest BCUT2D eigenvalue weighted by Crippen LogP contribution is -2.10. The molecule has 3 heterocycles. The van der Waals surface area contributed by atoms with Crippen LogP contribution in [0.5, 0.6) is 0 Å². The molecule has 166 valence electrons. The minimum atomic E-state index is -4.57. The van der Waals surface area contributed by atoms with E-state index in [0.29, 0.717) is 5.56 Å². The van der Waals surface area contributed by atoms with Crippen molar-refractivity contribution < 1.29 is 23.1 Å². The van der Waals surface area contributed by atoms with Crippen LogP contribution in [0.2, 0.25) is 0 Å². The summed E-state index contributed by atoms with van der Waals surface area (Å²) in [6.07, 6.45) is -1.09. The second kappa shape index (κ2) is 8.23. The molecule has 0 radical (unpaired) electrons. The Morgan fingerprint density at radius 3 is 2.58 bits per heavy atom. The average molecular weight is 452 g/mol. The number of H-pyrrole nitrogens is 1. The number of hydrogen-bond donors (Lipinski definition) is 3. The zero-order valence-electron chi connectivity index (χ0n) is 17.0. The Labute approximate surface area is 185 Å². The maximum Gasteiger partial charge on any atom is 0.417 e. The highest BCUT2D eigenvalue weighted by Crippen LogP contribution is 2.37. The monoisotopic (exact) mass is 452 g/mol. The summed E-state index contributed by atoms with van der Waals surface area (Å²) in [6, 6.07) is 6.90. The number of alkyl halides is 3. The van der Waals surface area contributed by atoms with Gasteiger partial charge >= 0.3 is 12.1 Å². The van der Waals surface area contributed by atoms with Gasteiger partial charge in [-0.05, 0) is 30.7 Å². The molecule has 8 nitrogen and oxygen atoms in total. The lowest BCUT2D eigenvalue weighted by Gasteiger charge is -2.15. The fraction of sp³-hybridized carbons (Fsp3) is 0.136. The SMILES string of the molecule is [C-]#[N+]c1cnc(N[C@H](C)c2ccc(C(=O)O)cc2)nc1-c1c[nH]c2ncc(C(F)(F)F)cc12. The van der Waals surface area contributed by atoms with Crippen molar-refractivity contribution in [1.29, 1.82) is 0 Å². The van der Waals surface area contributed by atoms with Crippen LogP contribution < -0.4 is 5.32 Å². The van der Waals surface area contributed by atoms with Crippen molar-refractivity contribution >= 4 is 28.6 Å². The van der Waals surface area contributed by atoms with E-state index in [4.69, 9.17) is 11.7 Å². The van der Waals surface area contributed by atoms with Crippen LogP contribution in [0.3, 0.4) is 0 Å². The van der Waals surface area contributed by atoms with Gasteiger partial charge in [-0.1, -0.05) is 12.1 Å². The number of nitrogens with zero attached hydrogens (tertiary/aromatic N) is 4. The summed E-state index contributed by atoms with van der Waals surface area (Å²) >= 11 is 0. The first-order chi connectivity index (χ1) is 15.7. The molecule has 4 rings (SSSR count). The first-order valence-corrected chi connectivity index (χ1v) is 9.56. The van der Waals surface area contributed by atoms with Gasteiger partial charge in [0.15, 0.2) is 0 Å². The van der Waals surface area contributed by atoms with Crippen molar-refractivity contribution in [3.63, 3.8) is 0 Å². The standard InChI is InChI=1S/C22H15F3N6O2/c1-11(12-3-5-13(6-4-12)20(32)33)30-21-29-10-17(26-2)18(31-21)16-9-28-19-15(16)7-14(8-27-19)22(23,24)25/h3-11H,1H3,(H,27,28)(H,32,33)(H,29,30,31)/t11-/m1/s1. The van der Waals surface area contributed by atoms with Gasteiger partial charge in [0, 0.05) is 29.5 Å². The number of carboxylic acid groups (broad SMARTS) is 1. The summed E-state index contributed by atoms with van der Waals surface area (Å²) in [4.78, 5) is 29.6. The topological polar surface area (TPSA) is 108 Å². The number of aromatic nitrogens is 4. The zero-order chi connectivity index (χ0) is 23.8. The largest absolute Gasteiger partial charge is 0.478 e. The predicted octanol–water partition coefficient (Wildman–Crippen LogP) is 5.46. The van der Waals surface area contributed by atoms with Crippen molar-refractivity contribution in [1.82, 2.24) is 19.9 Å². The number of nitrogens with one attached hydrogen (secondary N) is 2. The number of pyridine rings is 1. The van der Waals surface area contributed by atoms with E-state index in [1.165, 1.54) is 24.5 Å². The van der Waals surface area contributed by atoms with Gasteiger partial charge < -0.3 is 15.4 Å². The third-order valence-corrected chi connectivity index (χ3v) is 5.01. The Morgan fingerprint density at radius 1 is 1.21 bits per heavy atom. The van der Waals surface area contributed by atoms with E-state index in [1.807, 2.05) is 6.92 Å². The molecule has 0 spiro atoms. The second-order valence-corrected chi connectivity index (χ2v) is 7.15. The van der Waals surface area contributed by atoms with Crippen LogP contribution in [-0.4, -0.2) is 31.0 Å². The van der Waals surface area contributed by atoms with Crippen LogP contribution in [0.25, 0.3) is 27.1 Å². The molecule has 4 aromatic rings. The van der Waals surface area contributed by atoms with E-state index in [0.717, 1.165) is 17.8 Å². The number of aromatic carboxylic acids is 1. The number of fused-ring (bicyclic) bond motifs is 1. The Balaban J connectivity index is 1.71. The van der Waals surface area contributed by atoms with Gasteiger partial charge in [-0.2, -0.15) is 13.2 Å². The molecule has 0 aliphatic carbocycles. The number of aromatic amines is 1. The molecule has 0 aliphatic rings. The molecule has 0 bridgehead atoms. The van der Waals surface area contributed by atoms with Gasteiger partial charge in [0.05, 0.1) is 29.4 Å². The maximum absolute atomic E-state index is 13.2. The summed E-state index contributed by atoms with van der Waals surface area (Å²) in [6.45, 7) is 9.22. The molecule has 33 heavy (non-hydrogen) atoms. The Hall–Kier alpha value is -4.46. The molecular formula is C22H15F3N6O2. The molecule has 0 saturated heterocycles. The van der Waals surface area contributed by atoms with Crippen molar-refractivity contribution in [2.24, 2.45) is 0 Å². The molecule has 11 heteroatoms. The summed E-state index contributed by atoms with van der Waals surface area (Å²) < 4.78 is 39.5. The molecule has 3 N–H and O–H groups in total. The molecular weight excluding hydrogens is 437 g/mol. The van der Waals surface area contributed by atoms with E-state index in [-0.39, 0.29) is 40.0 Å². The number of rotatable bonds is 5. The smallest absolute Gasteiger partial charge is 0.417 e. The summed E-state index contributed by atoms with van der Waals surface area (Å²) in [7, 11) is 0. The quantitative estimate of drug-likeness (QED) is 0.347. The zero-order valence-corrected chi connectivity index (χ0v) is 17.0. The normalized spacial score (nSPS) is 12.3. The van der Waals surface area contributed by atoms with Gasteiger partial charge in [-0.25, -0.2) is 24.6 Å². The van der Waals surface area contributed by atoms with Crippen LogP contribution >= 0.6 is 0 Å². The minimum Gasteiger partial charge on any atom is -0.478 e. The van der Waals surface area contributed by atoms with E-state index in [9.17, 15) is 18.0 Å². The Bertz CT molecular complexity index is 1390. The third kappa shape index (κ3) is 4.31. The van der Waals surface area contributed by atoms with Crippen molar-refractivity contribution in [3.05, 3.63) is 77.0 Å². The van der Waals surface area contributed by atoms with Gasteiger partial charge in [0.1, 0.15) is 5.65 Å². The highest BCUT2D eigenvalue weighted by atomic mass is 19.4. The molecule has 0 fully saturated rings. The number of hydrogen-bond acceptors (Lipinski definition) is 5. The van der Waals surface area contributed by atoms with E-state index < -0.39 is 17.7 Å². The lowest BCUT2D eigenvalue weighted by atomic mass is 10.1.